The lowest BCUT2D eigenvalue weighted by Crippen LogP contribution is -2.13. The van der Waals surface area contributed by atoms with Crippen LogP contribution in [0, 0.1) is 11.3 Å². The Morgan fingerprint density at radius 1 is 1.29 bits per heavy atom. The van der Waals surface area contributed by atoms with Gasteiger partial charge in [0, 0.05) is 0 Å². The Labute approximate surface area is 174 Å². The third kappa shape index (κ3) is 5.41. The van der Waals surface area contributed by atoms with Crippen molar-refractivity contribution in [3.05, 3.63) is 57.6 Å². The van der Waals surface area contributed by atoms with E-state index in [2.05, 4.69) is 5.32 Å². The van der Waals surface area contributed by atoms with Gasteiger partial charge in [0.1, 0.15) is 11.6 Å². The molecule has 1 atom stereocenters. The molecule has 0 aromatic heterocycles. The van der Waals surface area contributed by atoms with Crippen molar-refractivity contribution in [2.24, 2.45) is 0 Å². The van der Waals surface area contributed by atoms with Crippen molar-refractivity contribution >= 4 is 40.9 Å². The number of anilines is 1. The molecule has 0 fully saturated rings. The quantitative estimate of drug-likeness (QED) is 0.460. The molecule has 146 valence electrons. The summed E-state index contributed by atoms with van der Waals surface area (Å²) in [6.45, 7) is 3.93. The Kier molecular flexibility index (Phi) is 7.74. The average molecular weight is 419 g/mol. The first-order valence-electron chi connectivity index (χ1n) is 8.61. The number of carbonyl (C=O) groups is 1. The van der Waals surface area contributed by atoms with Crippen molar-refractivity contribution in [1.82, 2.24) is 0 Å². The number of hydrogen-bond acceptors (Lipinski definition) is 4. The normalized spacial score (nSPS) is 12.1. The molecule has 1 N–H and O–H groups in total. The van der Waals surface area contributed by atoms with Crippen LogP contribution in [0.5, 0.6) is 11.5 Å². The summed E-state index contributed by atoms with van der Waals surface area (Å²) in [6.07, 6.45) is 2.19. The highest BCUT2D eigenvalue weighted by Gasteiger charge is 2.16. The summed E-state index contributed by atoms with van der Waals surface area (Å²) in [4.78, 5) is 12.4. The fraction of sp³-hybridized carbons (Fsp3) is 0.238. The highest BCUT2D eigenvalue weighted by Crippen LogP contribution is 2.38. The van der Waals surface area contributed by atoms with Crippen molar-refractivity contribution in [3.63, 3.8) is 0 Å². The highest BCUT2D eigenvalue weighted by atomic mass is 35.5. The Bertz CT molecular complexity index is 936. The molecule has 5 nitrogen and oxygen atoms in total. The number of nitriles is 1. The van der Waals surface area contributed by atoms with Crippen LogP contribution in [0.1, 0.15) is 25.8 Å². The van der Waals surface area contributed by atoms with Crippen molar-refractivity contribution < 1.29 is 14.3 Å². The second-order valence-corrected chi connectivity index (χ2v) is 6.79. The van der Waals surface area contributed by atoms with Gasteiger partial charge in [-0.25, -0.2) is 0 Å². The van der Waals surface area contributed by atoms with Crippen molar-refractivity contribution in [2.75, 3.05) is 12.4 Å². The number of carbonyl (C=O) groups excluding carboxylic acids is 1. The Morgan fingerprint density at radius 2 is 2.00 bits per heavy atom. The molecular weight excluding hydrogens is 399 g/mol. The number of methoxy groups -OCH3 is 1. The van der Waals surface area contributed by atoms with E-state index >= 15 is 0 Å². The number of halogens is 2. The maximum Gasteiger partial charge on any atom is 0.266 e. The fourth-order valence-corrected chi connectivity index (χ4v) is 2.74. The zero-order valence-corrected chi connectivity index (χ0v) is 17.3. The van der Waals surface area contributed by atoms with Crippen LogP contribution in [-0.4, -0.2) is 19.1 Å². The first kappa shape index (κ1) is 21.6. The highest BCUT2D eigenvalue weighted by molar-refractivity contribution is 6.34. The summed E-state index contributed by atoms with van der Waals surface area (Å²) in [5, 5.41) is 12.7. The molecule has 1 amide bonds. The summed E-state index contributed by atoms with van der Waals surface area (Å²) in [7, 11) is 1.50. The molecule has 0 unspecified atom stereocenters. The molecule has 0 aliphatic rings. The molecule has 0 spiro atoms. The number of benzene rings is 2. The summed E-state index contributed by atoms with van der Waals surface area (Å²) in [6, 6.07) is 11.9. The number of amides is 1. The third-order valence-corrected chi connectivity index (χ3v) is 4.55. The van der Waals surface area contributed by atoms with E-state index in [1.165, 1.54) is 13.2 Å². The first-order valence-corrected chi connectivity index (χ1v) is 9.37. The van der Waals surface area contributed by atoms with Gasteiger partial charge < -0.3 is 14.8 Å². The minimum absolute atomic E-state index is 0.0381. The SMILES string of the molecule is CC[C@H](C)Oc1c(Cl)cc(/C=C(/C#N)C(=O)Nc2ccccc2Cl)cc1OC. The molecule has 0 bridgehead atoms. The molecule has 7 heteroatoms. The van der Waals surface area contributed by atoms with Crippen LogP contribution in [0.2, 0.25) is 10.0 Å². The van der Waals surface area contributed by atoms with Gasteiger partial charge in [-0.2, -0.15) is 5.26 Å². The standard InChI is InChI=1S/C21H20Cl2N2O3/c1-4-13(2)28-20-17(23)10-14(11-19(20)27-3)9-15(12-24)21(26)25-18-8-6-5-7-16(18)22/h5-11,13H,4H2,1-3H3,(H,25,26)/b15-9-/t13-/m0/s1. The lowest BCUT2D eigenvalue weighted by atomic mass is 10.1. The molecule has 0 saturated carbocycles. The van der Waals surface area contributed by atoms with Crippen LogP contribution in [0.4, 0.5) is 5.69 Å². The van der Waals surface area contributed by atoms with Crippen molar-refractivity contribution in [2.45, 2.75) is 26.4 Å². The number of nitrogens with one attached hydrogen (secondary N) is 1. The summed E-state index contributed by atoms with van der Waals surface area (Å²) in [5.41, 5.74) is 0.848. The number of rotatable bonds is 7. The molecule has 0 aliphatic heterocycles. The van der Waals surface area contributed by atoms with Gasteiger partial charge in [0.2, 0.25) is 0 Å². The fourth-order valence-electron chi connectivity index (χ4n) is 2.29. The van der Waals surface area contributed by atoms with E-state index < -0.39 is 5.91 Å². The number of nitrogens with zero attached hydrogens (tertiary/aromatic N) is 1. The van der Waals surface area contributed by atoms with Crippen LogP contribution in [0.15, 0.2) is 42.0 Å². The molecule has 0 aliphatic carbocycles. The molecule has 2 aromatic carbocycles. The van der Waals surface area contributed by atoms with Crippen LogP contribution in [0.25, 0.3) is 6.08 Å². The average Bonchev–Trinajstić information content (AvgIpc) is 2.69. The van der Waals surface area contributed by atoms with Crippen LogP contribution >= 0.6 is 23.2 Å². The van der Waals surface area contributed by atoms with Gasteiger partial charge in [0.15, 0.2) is 11.5 Å². The topological polar surface area (TPSA) is 71.3 Å². The summed E-state index contributed by atoms with van der Waals surface area (Å²) >= 11 is 12.4. The van der Waals surface area contributed by atoms with E-state index in [1.807, 2.05) is 19.9 Å². The van der Waals surface area contributed by atoms with Gasteiger partial charge in [-0.3, -0.25) is 4.79 Å². The van der Waals surface area contributed by atoms with E-state index in [1.54, 1.807) is 36.4 Å². The molecule has 0 heterocycles. The first-order chi connectivity index (χ1) is 13.4. The summed E-state index contributed by atoms with van der Waals surface area (Å²) < 4.78 is 11.2. The second kappa shape index (κ2) is 10.0. The van der Waals surface area contributed by atoms with E-state index in [4.69, 9.17) is 32.7 Å². The lowest BCUT2D eigenvalue weighted by Gasteiger charge is -2.17. The monoisotopic (exact) mass is 418 g/mol. The van der Waals surface area contributed by atoms with Crippen molar-refractivity contribution in [1.29, 1.82) is 5.26 Å². The van der Waals surface area contributed by atoms with Gasteiger partial charge in [-0.05, 0) is 49.2 Å². The zero-order valence-electron chi connectivity index (χ0n) is 15.8. The Balaban J connectivity index is 2.33. The maximum absolute atomic E-state index is 12.4. The molecular formula is C21H20Cl2N2O3. The lowest BCUT2D eigenvalue weighted by molar-refractivity contribution is -0.112. The van der Waals surface area contributed by atoms with Crippen molar-refractivity contribution in [3.8, 4) is 17.6 Å². The maximum atomic E-state index is 12.4. The largest absolute Gasteiger partial charge is 0.493 e. The Morgan fingerprint density at radius 3 is 2.61 bits per heavy atom. The molecule has 2 aromatic rings. The second-order valence-electron chi connectivity index (χ2n) is 5.97. The zero-order chi connectivity index (χ0) is 20.7. The number of hydrogen-bond donors (Lipinski definition) is 1. The van der Waals surface area contributed by atoms with E-state index in [-0.39, 0.29) is 11.7 Å². The van der Waals surface area contributed by atoms with Gasteiger partial charge >= 0.3 is 0 Å². The van der Waals surface area contributed by atoms with Gasteiger partial charge in [-0.15, -0.1) is 0 Å². The minimum atomic E-state index is -0.578. The van der Waals surface area contributed by atoms with Gasteiger partial charge in [-0.1, -0.05) is 42.3 Å². The molecule has 0 radical (unpaired) electrons. The molecule has 2 rings (SSSR count). The van der Waals surface area contributed by atoms with Gasteiger partial charge in [0.05, 0.1) is 28.9 Å². The van der Waals surface area contributed by atoms with Gasteiger partial charge in [0.25, 0.3) is 5.91 Å². The van der Waals surface area contributed by atoms with Crippen LogP contribution in [-0.2, 0) is 4.79 Å². The van der Waals surface area contributed by atoms with E-state index in [0.29, 0.717) is 32.8 Å². The summed E-state index contributed by atoms with van der Waals surface area (Å²) in [5.74, 6) is 0.267. The van der Waals surface area contributed by atoms with Crippen LogP contribution < -0.4 is 14.8 Å². The smallest absolute Gasteiger partial charge is 0.266 e. The number of para-hydroxylation sites is 1. The van der Waals surface area contributed by atoms with E-state index in [9.17, 15) is 10.1 Å². The number of ether oxygens (including phenoxy) is 2. The van der Waals surface area contributed by atoms with E-state index in [0.717, 1.165) is 6.42 Å². The predicted octanol–water partition coefficient (Wildman–Crippen LogP) is 5.72. The molecule has 28 heavy (non-hydrogen) atoms. The molecule has 0 saturated heterocycles. The third-order valence-electron chi connectivity index (χ3n) is 3.94. The van der Waals surface area contributed by atoms with Crippen LogP contribution in [0.3, 0.4) is 0 Å². The Hall–Kier alpha value is -2.68. The minimum Gasteiger partial charge on any atom is -0.493 e. The predicted molar refractivity (Wildman–Crippen MR) is 112 cm³/mol.